The highest BCUT2D eigenvalue weighted by Crippen LogP contribution is 2.29. The molecular formula is C23H17F2N3O2S. The molecular weight excluding hydrogens is 420 g/mol. The maximum atomic E-state index is 13.5. The first-order valence-electron chi connectivity index (χ1n) is 9.33. The number of nitrogens with zero attached hydrogens (tertiary/aromatic N) is 3. The van der Waals surface area contributed by atoms with Gasteiger partial charge in [0.25, 0.3) is 0 Å². The molecule has 1 heterocycles. The summed E-state index contributed by atoms with van der Waals surface area (Å²) in [6, 6.07) is 20.1. The molecule has 0 atom stereocenters. The smallest absolute Gasteiger partial charge is 0.196 e. The molecule has 4 aromatic rings. The molecule has 0 saturated carbocycles. The Labute approximate surface area is 181 Å². The molecule has 0 N–H and O–H groups in total. The summed E-state index contributed by atoms with van der Waals surface area (Å²) >= 11 is 1.18. The number of methoxy groups -OCH3 is 1. The molecule has 1 aromatic heterocycles. The molecule has 0 radical (unpaired) electrons. The first kappa shape index (κ1) is 20.7. The number of hydrogen-bond donors (Lipinski definition) is 0. The van der Waals surface area contributed by atoms with Crippen molar-refractivity contribution in [1.82, 2.24) is 14.8 Å². The van der Waals surface area contributed by atoms with Crippen molar-refractivity contribution in [2.24, 2.45) is 0 Å². The largest absolute Gasteiger partial charge is 0.497 e. The minimum atomic E-state index is -1.05. The van der Waals surface area contributed by atoms with Gasteiger partial charge >= 0.3 is 0 Å². The van der Waals surface area contributed by atoms with Crippen LogP contribution in [0.15, 0.2) is 78.0 Å². The summed E-state index contributed by atoms with van der Waals surface area (Å²) in [5.74, 6) is -1.05. The van der Waals surface area contributed by atoms with E-state index in [1.165, 1.54) is 17.8 Å². The van der Waals surface area contributed by atoms with E-state index in [4.69, 9.17) is 4.74 Å². The van der Waals surface area contributed by atoms with Crippen LogP contribution in [0.5, 0.6) is 5.75 Å². The van der Waals surface area contributed by atoms with Crippen molar-refractivity contribution < 1.29 is 18.3 Å². The SMILES string of the molecule is COc1ccc(-c2nnc(SCC(=O)c3ccc(F)c(F)c3)n2-c2ccccc2)cc1. The van der Waals surface area contributed by atoms with Crippen molar-refractivity contribution >= 4 is 17.5 Å². The van der Waals surface area contributed by atoms with Crippen LogP contribution in [0, 0.1) is 11.6 Å². The number of benzene rings is 3. The summed E-state index contributed by atoms with van der Waals surface area (Å²) in [6.07, 6.45) is 0. The minimum absolute atomic E-state index is 0.00134. The summed E-state index contributed by atoms with van der Waals surface area (Å²) in [5, 5.41) is 9.10. The van der Waals surface area contributed by atoms with Gasteiger partial charge in [0.15, 0.2) is 28.4 Å². The van der Waals surface area contributed by atoms with E-state index in [1.807, 2.05) is 59.2 Å². The Kier molecular flexibility index (Phi) is 6.08. The van der Waals surface area contributed by atoms with Gasteiger partial charge in [-0.05, 0) is 54.6 Å². The highest BCUT2D eigenvalue weighted by atomic mass is 32.2. The molecule has 8 heteroatoms. The molecule has 0 aliphatic heterocycles. The molecule has 0 amide bonds. The Morgan fingerprint density at radius 2 is 1.71 bits per heavy atom. The fraction of sp³-hybridized carbons (Fsp3) is 0.0870. The molecule has 4 rings (SSSR count). The van der Waals surface area contributed by atoms with E-state index in [9.17, 15) is 13.6 Å². The van der Waals surface area contributed by atoms with Crippen LogP contribution < -0.4 is 4.74 Å². The van der Waals surface area contributed by atoms with Crippen molar-refractivity contribution in [1.29, 1.82) is 0 Å². The Morgan fingerprint density at radius 1 is 0.968 bits per heavy atom. The second-order valence-electron chi connectivity index (χ2n) is 6.55. The number of hydrogen-bond acceptors (Lipinski definition) is 5. The van der Waals surface area contributed by atoms with Gasteiger partial charge in [0.1, 0.15) is 5.75 Å². The van der Waals surface area contributed by atoms with Crippen molar-refractivity contribution in [2.75, 3.05) is 12.9 Å². The van der Waals surface area contributed by atoms with Gasteiger partial charge in [-0.2, -0.15) is 0 Å². The standard InChI is InChI=1S/C23H17F2N3O2S/c1-30-18-10-7-15(8-11-18)22-26-27-23(28(22)17-5-3-2-4-6-17)31-14-21(29)16-9-12-19(24)20(25)13-16/h2-13H,14H2,1H3. The second-order valence-corrected chi connectivity index (χ2v) is 7.49. The van der Waals surface area contributed by atoms with Gasteiger partial charge < -0.3 is 4.74 Å². The first-order valence-corrected chi connectivity index (χ1v) is 10.3. The highest BCUT2D eigenvalue weighted by Gasteiger charge is 2.18. The summed E-state index contributed by atoms with van der Waals surface area (Å²) in [4.78, 5) is 12.5. The van der Waals surface area contributed by atoms with Crippen LogP contribution in [0.1, 0.15) is 10.4 Å². The third kappa shape index (κ3) is 4.49. The zero-order valence-corrected chi connectivity index (χ0v) is 17.3. The molecule has 5 nitrogen and oxygen atoms in total. The van der Waals surface area contributed by atoms with Gasteiger partial charge in [0.2, 0.25) is 0 Å². The summed E-state index contributed by atoms with van der Waals surface area (Å²) < 4.78 is 33.7. The van der Waals surface area contributed by atoms with Gasteiger partial charge in [-0.3, -0.25) is 9.36 Å². The molecule has 0 fully saturated rings. The number of halogens is 2. The van der Waals surface area contributed by atoms with Gasteiger partial charge in [0, 0.05) is 16.8 Å². The van der Waals surface area contributed by atoms with E-state index in [2.05, 4.69) is 10.2 Å². The van der Waals surface area contributed by atoms with Crippen LogP contribution in [0.25, 0.3) is 17.1 Å². The molecule has 31 heavy (non-hydrogen) atoms. The van der Waals surface area contributed by atoms with Gasteiger partial charge in [-0.15, -0.1) is 10.2 Å². The molecule has 0 saturated heterocycles. The fourth-order valence-corrected chi connectivity index (χ4v) is 3.83. The predicted molar refractivity (Wildman–Crippen MR) is 115 cm³/mol. The zero-order chi connectivity index (χ0) is 21.8. The molecule has 0 bridgehead atoms. The van der Waals surface area contributed by atoms with Crippen molar-refractivity contribution in [3.05, 3.63) is 90.0 Å². The topological polar surface area (TPSA) is 57.0 Å². The van der Waals surface area contributed by atoms with Crippen LogP contribution >= 0.6 is 11.8 Å². The molecule has 3 aromatic carbocycles. The number of ether oxygens (including phenoxy) is 1. The van der Waals surface area contributed by atoms with Gasteiger partial charge in [0.05, 0.1) is 12.9 Å². The summed E-state index contributed by atoms with van der Waals surface area (Å²) in [6.45, 7) is 0. The highest BCUT2D eigenvalue weighted by molar-refractivity contribution is 7.99. The van der Waals surface area contributed by atoms with Crippen LogP contribution in [-0.4, -0.2) is 33.4 Å². The van der Waals surface area contributed by atoms with E-state index in [1.54, 1.807) is 7.11 Å². The Morgan fingerprint density at radius 3 is 2.39 bits per heavy atom. The fourth-order valence-electron chi connectivity index (χ4n) is 2.98. The molecule has 0 spiro atoms. The number of carbonyl (C=O) groups excluding carboxylic acids is 1. The normalized spacial score (nSPS) is 10.8. The van der Waals surface area contributed by atoms with Crippen LogP contribution in [0.3, 0.4) is 0 Å². The average molecular weight is 437 g/mol. The van der Waals surface area contributed by atoms with Gasteiger partial charge in [-0.25, -0.2) is 8.78 Å². The van der Waals surface area contributed by atoms with Crippen molar-refractivity contribution in [3.8, 4) is 22.8 Å². The quantitative estimate of drug-likeness (QED) is 0.294. The summed E-state index contributed by atoms with van der Waals surface area (Å²) in [7, 11) is 1.60. The molecule has 0 aliphatic carbocycles. The predicted octanol–water partition coefficient (Wildman–Crippen LogP) is 5.20. The number of rotatable bonds is 7. The lowest BCUT2D eigenvalue weighted by molar-refractivity contribution is 0.102. The molecule has 0 aliphatic rings. The minimum Gasteiger partial charge on any atom is -0.497 e. The third-order valence-electron chi connectivity index (χ3n) is 4.57. The first-order chi connectivity index (χ1) is 15.1. The van der Waals surface area contributed by atoms with E-state index in [-0.39, 0.29) is 17.1 Å². The lowest BCUT2D eigenvalue weighted by Crippen LogP contribution is -2.06. The number of Topliss-reactive ketones (excluding diaryl/α,β-unsaturated/α-hetero) is 1. The maximum absolute atomic E-state index is 13.5. The number of thioether (sulfide) groups is 1. The average Bonchev–Trinajstić information content (AvgIpc) is 3.24. The third-order valence-corrected chi connectivity index (χ3v) is 5.50. The van der Waals surface area contributed by atoms with E-state index < -0.39 is 11.6 Å². The van der Waals surface area contributed by atoms with Crippen molar-refractivity contribution in [3.63, 3.8) is 0 Å². The molecule has 0 unspecified atom stereocenters. The van der Waals surface area contributed by atoms with Crippen LogP contribution in [0.4, 0.5) is 8.78 Å². The lowest BCUT2D eigenvalue weighted by Gasteiger charge is -2.10. The van der Waals surface area contributed by atoms with E-state index in [0.29, 0.717) is 11.0 Å². The van der Waals surface area contributed by atoms with E-state index in [0.717, 1.165) is 29.1 Å². The number of para-hydroxylation sites is 1. The van der Waals surface area contributed by atoms with Crippen LogP contribution in [-0.2, 0) is 0 Å². The zero-order valence-electron chi connectivity index (χ0n) is 16.5. The Bertz CT molecular complexity index is 1210. The molecule has 156 valence electrons. The number of aromatic nitrogens is 3. The van der Waals surface area contributed by atoms with E-state index >= 15 is 0 Å². The second kappa shape index (κ2) is 9.09. The Hall–Kier alpha value is -3.52. The van der Waals surface area contributed by atoms with Gasteiger partial charge in [-0.1, -0.05) is 30.0 Å². The van der Waals surface area contributed by atoms with Crippen LogP contribution in [0.2, 0.25) is 0 Å². The number of carbonyl (C=O) groups is 1. The number of ketones is 1. The Balaban J connectivity index is 1.65. The van der Waals surface area contributed by atoms with Crippen molar-refractivity contribution in [2.45, 2.75) is 5.16 Å². The summed E-state index contributed by atoms with van der Waals surface area (Å²) in [5.41, 5.74) is 1.77. The lowest BCUT2D eigenvalue weighted by atomic mass is 10.1. The monoisotopic (exact) mass is 437 g/mol. The maximum Gasteiger partial charge on any atom is 0.196 e.